The highest BCUT2D eigenvalue weighted by Gasteiger charge is 2.33. The van der Waals surface area contributed by atoms with Crippen molar-refractivity contribution in [2.45, 2.75) is 38.7 Å². The zero-order valence-corrected chi connectivity index (χ0v) is 10.1. The van der Waals surface area contributed by atoms with Gasteiger partial charge in [0.15, 0.2) is 0 Å². The lowest BCUT2D eigenvalue weighted by atomic mass is 9.79. The molecule has 1 heterocycles. The van der Waals surface area contributed by atoms with Crippen LogP contribution in [0.3, 0.4) is 0 Å². The Morgan fingerprint density at radius 3 is 2.81 bits per heavy atom. The zero-order chi connectivity index (χ0) is 11.8. The Morgan fingerprint density at radius 1 is 1.44 bits per heavy atom. The first-order valence-corrected chi connectivity index (χ1v) is 5.69. The van der Waals surface area contributed by atoms with Crippen molar-refractivity contribution in [1.82, 2.24) is 0 Å². The summed E-state index contributed by atoms with van der Waals surface area (Å²) in [6.45, 7) is 7.42. The Hall–Kier alpha value is -1.33. The molecule has 0 amide bonds. The van der Waals surface area contributed by atoms with E-state index >= 15 is 0 Å². The molecule has 0 saturated carbocycles. The van der Waals surface area contributed by atoms with Gasteiger partial charge in [0.25, 0.3) is 0 Å². The smallest absolute Gasteiger partial charge is 0.103 e. The van der Waals surface area contributed by atoms with E-state index in [0.29, 0.717) is 19.1 Å². The van der Waals surface area contributed by atoms with Crippen molar-refractivity contribution in [3.8, 4) is 6.07 Å². The van der Waals surface area contributed by atoms with E-state index in [1.807, 2.05) is 6.92 Å². The van der Waals surface area contributed by atoms with E-state index in [0.717, 1.165) is 11.1 Å². The minimum atomic E-state index is -0.488. The Balaban J connectivity index is 2.54. The molecule has 1 aliphatic heterocycles. The molecular weight excluding hydrogens is 198 g/mol. The summed E-state index contributed by atoms with van der Waals surface area (Å²) in [6, 6.07) is 8.78. The molecule has 2 heteroatoms. The van der Waals surface area contributed by atoms with Gasteiger partial charge in [-0.2, -0.15) is 5.26 Å². The third-order valence-electron chi connectivity index (χ3n) is 3.29. The number of nitriles is 1. The largest absolute Gasteiger partial charge is 0.375 e. The summed E-state index contributed by atoms with van der Waals surface area (Å²) < 4.78 is 5.48. The molecule has 0 saturated heterocycles. The standard InChI is InChI=1S/C14H17NO/c1-10(2)11-4-5-12-7-16-9-14(3,8-15)13(12)6-11/h4-6,10H,7,9H2,1-3H3. The maximum Gasteiger partial charge on any atom is 0.103 e. The SMILES string of the molecule is CC(C)c1ccc2c(c1)C(C)(C#N)COC2. The first-order valence-electron chi connectivity index (χ1n) is 5.69. The average Bonchev–Trinajstić information content (AvgIpc) is 2.29. The van der Waals surface area contributed by atoms with Crippen LogP contribution in [0.4, 0.5) is 0 Å². The maximum absolute atomic E-state index is 9.30. The number of ether oxygens (including phenoxy) is 1. The van der Waals surface area contributed by atoms with Crippen molar-refractivity contribution < 1.29 is 4.74 Å². The summed E-state index contributed by atoms with van der Waals surface area (Å²) in [5.41, 5.74) is 3.10. The molecule has 1 atom stereocenters. The third-order valence-corrected chi connectivity index (χ3v) is 3.29. The van der Waals surface area contributed by atoms with Gasteiger partial charge in [0.05, 0.1) is 19.3 Å². The summed E-state index contributed by atoms with van der Waals surface area (Å²) in [7, 11) is 0. The molecule has 2 nitrogen and oxygen atoms in total. The van der Waals surface area contributed by atoms with E-state index < -0.39 is 5.41 Å². The van der Waals surface area contributed by atoms with Gasteiger partial charge in [0, 0.05) is 0 Å². The van der Waals surface area contributed by atoms with E-state index in [-0.39, 0.29) is 0 Å². The number of hydrogen-bond donors (Lipinski definition) is 0. The van der Waals surface area contributed by atoms with Crippen LogP contribution in [0.2, 0.25) is 0 Å². The lowest BCUT2D eigenvalue weighted by Crippen LogP contribution is -2.32. The van der Waals surface area contributed by atoms with Crippen LogP contribution in [0.25, 0.3) is 0 Å². The molecule has 84 valence electrons. The Morgan fingerprint density at radius 2 is 2.19 bits per heavy atom. The highest BCUT2D eigenvalue weighted by molar-refractivity contribution is 5.43. The predicted molar refractivity (Wildman–Crippen MR) is 63.2 cm³/mol. The Labute approximate surface area is 96.9 Å². The van der Waals surface area contributed by atoms with Crippen LogP contribution in [-0.2, 0) is 16.8 Å². The second kappa shape index (κ2) is 3.92. The van der Waals surface area contributed by atoms with Crippen molar-refractivity contribution in [3.05, 3.63) is 34.9 Å². The van der Waals surface area contributed by atoms with Crippen LogP contribution in [0, 0.1) is 11.3 Å². The van der Waals surface area contributed by atoms with Gasteiger partial charge in [-0.1, -0.05) is 32.0 Å². The molecule has 1 unspecified atom stereocenters. The van der Waals surface area contributed by atoms with Crippen molar-refractivity contribution in [1.29, 1.82) is 5.26 Å². The Bertz CT molecular complexity index is 445. The Kier molecular flexibility index (Phi) is 2.73. The van der Waals surface area contributed by atoms with Gasteiger partial charge in [0.1, 0.15) is 5.41 Å². The topological polar surface area (TPSA) is 33.0 Å². The molecule has 0 spiro atoms. The second-order valence-corrected chi connectivity index (χ2v) is 5.01. The van der Waals surface area contributed by atoms with E-state index in [1.54, 1.807) is 0 Å². The molecule has 0 fully saturated rings. The van der Waals surface area contributed by atoms with Crippen LogP contribution in [0.5, 0.6) is 0 Å². The first-order chi connectivity index (χ1) is 7.57. The lowest BCUT2D eigenvalue weighted by molar-refractivity contribution is 0.0759. The fraction of sp³-hybridized carbons (Fsp3) is 0.500. The van der Waals surface area contributed by atoms with Gasteiger partial charge in [-0.25, -0.2) is 0 Å². The number of rotatable bonds is 1. The van der Waals surface area contributed by atoms with Crippen molar-refractivity contribution >= 4 is 0 Å². The maximum atomic E-state index is 9.30. The fourth-order valence-electron chi connectivity index (χ4n) is 2.13. The molecule has 0 N–H and O–H groups in total. The van der Waals surface area contributed by atoms with Gasteiger partial charge in [-0.15, -0.1) is 0 Å². The number of hydrogen-bond acceptors (Lipinski definition) is 2. The van der Waals surface area contributed by atoms with Gasteiger partial charge < -0.3 is 4.74 Å². The summed E-state index contributed by atoms with van der Waals surface area (Å²) >= 11 is 0. The minimum absolute atomic E-state index is 0.488. The van der Waals surface area contributed by atoms with Gasteiger partial charge in [-0.3, -0.25) is 0 Å². The van der Waals surface area contributed by atoms with Gasteiger partial charge in [0.2, 0.25) is 0 Å². The summed E-state index contributed by atoms with van der Waals surface area (Å²) in [5, 5.41) is 9.30. The first kappa shape index (κ1) is 11.2. The molecule has 0 aromatic heterocycles. The second-order valence-electron chi connectivity index (χ2n) is 5.01. The van der Waals surface area contributed by atoms with E-state index in [9.17, 15) is 5.26 Å². The monoisotopic (exact) mass is 215 g/mol. The fourth-order valence-corrected chi connectivity index (χ4v) is 2.13. The van der Waals surface area contributed by atoms with E-state index in [1.165, 1.54) is 5.56 Å². The molecule has 1 aliphatic rings. The van der Waals surface area contributed by atoms with Crippen molar-refractivity contribution in [2.75, 3.05) is 6.61 Å². The third kappa shape index (κ3) is 1.72. The van der Waals surface area contributed by atoms with Gasteiger partial charge in [-0.05, 0) is 29.5 Å². The van der Waals surface area contributed by atoms with Crippen LogP contribution in [0.15, 0.2) is 18.2 Å². The quantitative estimate of drug-likeness (QED) is 0.721. The number of fused-ring (bicyclic) bond motifs is 1. The van der Waals surface area contributed by atoms with Crippen LogP contribution in [0.1, 0.15) is 43.4 Å². The molecule has 2 rings (SSSR count). The highest BCUT2D eigenvalue weighted by Crippen LogP contribution is 2.33. The van der Waals surface area contributed by atoms with Crippen molar-refractivity contribution in [3.63, 3.8) is 0 Å². The summed E-state index contributed by atoms with van der Waals surface area (Å²) in [6.07, 6.45) is 0. The predicted octanol–water partition coefficient (Wildman–Crippen LogP) is 3.12. The molecule has 1 aromatic carbocycles. The normalized spacial score (nSPS) is 23.9. The van der Waals surface area contributed by atoms with Crippen LogP contribution < -0.4 is 0 Å². The summed E-state index contributed by atoms with van der Waals surface area (Å²) in [4.78, 5) is 0. The zero-order valence-electron chi connectivity index (χ0n) is 10.1. The molecule has 0 bridgehead atoms. The molecular formula is C14H17NO. The van der Waals surface area contributed by atoms with Gasteiger partial charge >= 0.3 is 0 Å². The molecule has 16 heavy (non-hydrogen) atoms. The van der Waals surface area contributed by atoms with E-state index in [4.69, 9.17) is 4.74 Å². The van der Waals surface area contributed by atoms with Crippen LogP contribution >= 0.6 is 0 Å². The molecule has 1 aromatic rings. The molecule has 0 radical (unpaired) electrons. The average molecular weight is 215 g/mol. The molecule has 0 aliphatic carbocycles. The van der Waals surface area contributed by atoms with E-state index in [2.05, 4.69) is 38.1 Å². The van der Waals surface area contributed by atoms with Crippen LogP contribution in [-0.4, -0.2) is 6.61 Å². The number of nitrogens with zero attached hydrogens (tertiary/aromatic N) is 1. The highest BCUT2D eigenvalue weighted by atomic mass is 16.5. The summed E-state index contributed by atoms with van der Waals surface area (Å²) in [5.74, 6) is 0.496. The lowest BCUT2D eigenvalue weighted by Gasteiger charge is -2.30. The van der Waals surface area contributed by atoms with Crippen molar-refractivity contribution in [2.24, 2.45) is 0 Å². The number of benzene rings is 1. The minimum Gasteiger partial charge on any atom is -0.375 e.